The fourth-order valence-corrected chi connectivity index (χ4v) is 4.99. The summed E-state index contributed by atoms with van der Waals surface area (Å²) in [7, 11) is 2.08. The summed E-state index contributed by atoms with van der Waals surface area (Å²) in [5.41, 5.74) is 0.936. The molecular formula is C25H27ClF3N3O4. The van der Waals surface area contributed by atoms with Crippen LogP contribution in [0.25, 0.3) is 0 Å². The Bertz CT molecular complexity index is 1100. The van der Waals surface area contributed by atoms with Gasteiger partial charge in [0.25, 0.3) is 5.91 Å². The van der Waals surface area contributed by atoms with Gasteiger partial charge in [0, 0.05) is 35.4 Å². The number of anilines is 1. The number of carbonyl (C=O) groups is 3. The topological polar surface area (TPSA) is 90.0 Å². The van der Waals surface area contributed by atoms with Crippen molar-refractivity contribution in [1.29, 1.82) is 0 Å². The molecule has 4 rings (SSSR count). The van der Waals surface area contributed by atoms with Crippen molar-refractivity contribution in [2.75, 3.05) is 32.0 Å². The first-order chi connectivity index (χ1) is 16.9. The van der Waals surface area contributed by atoms with Crippen LogP contribution in [0, 0.1) is 5.41 Å². The van der Waals surface area contributed by atoms with E-state index in [1.165, 1.54) is 0 Å². The van der Waals surface area contributed by atoms with E-state index in [0.717, 1.165) is 25.1 Å². The van der Waals surface area contributed by atoms with Gasteiger partial charge in [-0.15, -0.1) is 0 Å². The molecule has 0 radical (unpaired) electrons. The molecule has 36 heavy (non-hydrogen) atoms. The number of amides is 2. The third-order valence-electron chi connectivity index (χ3n) is 6.67. The highest BCUT2D eigenvalue weighted by Crippen LogP contribution is 2.44. The van der Waals surface area contributed by atoms with Gasteiger partial charge in [0.15, 0.2) is 0 Å². The van der Waals surface area contributed by atoms with Crippen LogP contribution in [0.5, 0.6) is 0 Å². The third-order valence-corrected chi connectivity index (χ3v) is 6.90. The maximum absolute atomic E-state index is 13.4. The van der Waals surface area contributed by atoms with Gasteiger partial charge in [-0.3, -0.25) is 9.59 Å². The lowest BCUT2D eigenvalue weighted by Gasteiger charge is -2.34. The van der Waals surface area contributed by atoms with Gasteiger partial charge >= 0.3 is 12.1 Å². The first-order valence-corrected chi connectivity index (χ1v) is 11.7. The normalized spacial score (nSPS) is 22.0. The summed E-state index contributed by atoms with van der Waals surface area (Å²) in [5, 5.41) is 10.8. The summed E-state index contributed by atoms with van der Waals surface area (Å²) < 4.78 is 31.7. The highest BCUT2D eigenvalue weighted by Gasteiger charge is 2.52. The highest BCUT2D eigenvalue weighted by molar-refractivity contribution is 6.30. The number of hydrogen-bond acceptors (Lipinski definition) is 4. The lowest BCUT2D eigenvalue weighted by molar-refractivity contribution is -0.192. The molecule has 0 saturated carbocycles. The van der Waals surface area contributed by atoms with Crippen LogP contribution in [-0.2, 0) is 9.59 Å². The number of aliphatic carboxylic acids is 1. The van der Waals surface area contributed by atoms with Crippen LogP contribution in [0.15, 0.2) is 54.6 Å². The van der Waals surface area contributed by atoms with E-state index in [0.29, 0.717) is 30.1 Å². The number of carboxylic acid groups (broad SMARTS) is 1. The summed E-state index contributed by atoms with van der Waals surface area (Å²) in [6.07, 6.45) is -2.83. The van der Waals surface area contributed by atoms with E-state index in [9.17, 15) is 22.8 Å². The predicted molar refractivity (Wildman–Crippen MR) is 129 cm³/mol. The number of para-hydroxylation sites is 1. The number of benzene rings is 2. The van der Waals surface area contributed by atoms with Gasteiger partial charge in [-0.25, -0.2) is 4.79 Å². The fourth-order valence-electron chi connectivity index (χ4n) is 4.80. The molecule has 0 aliphatic carbocycles. The second-order valence-electron chi connectivity index (χ2n) is 8.87. The molecule has 2 saturated heterocycles. The van der Waals surface area contributed by atoms with E-state index in [1.807, 2.05) is 35.2 Å². The van der Waals surface area contributed by atoms with Crippen LogP contribution in [0.3, 0.4) is 0 Å². The van der Waals surface area contributed by atoms with E-state index in [1.54, 1.807) is 24.3 Å². The van der Waals surface area contributed by atoms with E-state index in [-0.39, 0.29) is 17.9 Å². The number of nitrogens with one attached hydrogen (secondary N) is 1. The van der Waals surface area contributed by atoms with Crippen molar-refractivity contribution in [2.45, 2.75) is 31.5 Å². The Morgan fingerprint density at radius 1 is 1.03 bits per heavy atom. The van der Waals surface area contributed by atoms with E-state index in [4.69, 9.17) is 21.5 Å². The number of alkyl halides is 3. The minimum Gasteiger partial charge on any atom is -0.475 e. The van der Waals surface area contributed by atoms with Gasteiger partial charge in [0.05, 0.1) is 5.41 Å². The molecule has 0 bridgehead atoms. The number of rotatable bonds is 3. The van der Waals surface area contributed by atoms with Gasteiger partial charge in [0.1, 0.15) is 0 Å². The molecule has 2 aliphatic heterocycles. The Labute approximate surface area is 211 Å². The minimum absolute atomic E-state index is 0.0197. The number of fused-ring (bicyclic) bond motifs is 1. The monoisotopic (exact) mass is 525 g/mol. The number of hydrogen-bond donors (Lipinski definition) is 2. The summed E-state index contributed by atoms with van der Waals surface area (Å²) in [5.74, 6) is -2.71. The van der Waals surface area contributed by atoms with Gasteiger partial charge in [-0.2, -0.15) is 13.2 Å². The Balaban J connectivity index is 0.000000454. The lowest BCUT2D eigenvalue weighted by atomic mass is 9.75. The molecule has 2 aliphatic rings. The zero-order valence-corrected chi connectivity index (χ0v) is 20.4. The molecule has 0 spiro atoms. The molecule has 7 nitrogen and oxygen atoms in total. The predicted octanol–water partition coefficient (Wildman–Crippen LogP) is 4.54. The molecule has 0 unspecified atom stereocenters. The molecule has 11 heteroatoms. The molecule has 2 atom stereocenters. The van der Waals surface area contributed by atoms with Crippen molar-refractivity contribution >= 4 is 35.1 Å². The number of halogens is 4. The van der Waals surface area contributed by atoms with Gasteiger partial charge in [-0.05, 0) is 63.2 Å². The van der Waals surface area contributed by atoms with Gasteiger partial charge < -0.3 is 20.2 Å². The average molecular weight is 526 g/mol. The van der Waals surface area contributed by atoms with Crippen molar-refractivity contribution in [3.05, 3.63) is 65.2 Å². The maximum Gasteiger partial charge on any atom is 0.490 e. The zero-order chi connectivity index (χ0) is 26.5. The second-order valence-corrected chi connectivity index (χ2v) is 9.30. The fraction of sp³-hybridized carbons (Fsp3) is 0.400. The lowest BCUT2D eigenvalue weighted by Crippen LogP contribution is -2.46. The number of carboxylic acids is 1. The quantitative estimate of drug-likeness (QED) is 0.614. The SMILES string of the molecule is CN1CC[C@@]2(C(=O)Nc3ccccc3)CCN(C(=O)c3cccc(Cl)c3)CC[C@@H]12.O=C(O)C(F)(F)F. The first-order valence-electron chi connectivity index (χ1n) is 11.4. The highest BCUT2D eigenvalue weighted by atomic mass is 35.5. The summed E-state index contributed by atoms with van der Waals surface area (Å²) in [4.78, 5) is 39.5. The molecular weight excluding hydrogens is 499 g/mol. The van der Waals surface area contributed by atoms with Gasteiger partial charge in [-0.1, -0.05) is 35.9 Å². The first kappa shape index (κ1) is 27.5. The summed E-state index contributed by atoms with van der Waals surface area (Å²) in [6.45, 7) is 2.10. The summed E-state index contributed by atoms with van der Waals surface area (Å²) >= 11 is 6.07. The molecule has 2 fully saturated rings. The Hall–Kier alpha value is -3.11. The Kier molecular flexibility index (Phi) is 8.63. The number of likely N-dealkylation sites (tertiary alicyclic amines) is 2. The maximum atomic E-state index is 13.4. The molecule has 2 amide bonds. The molecule has 0 aromatic heterocycles. The van der Waals surface area contributed by atoms with Crippen LogP contribution in [0.2, 0.25) is 5.02 Å². The van der Waals surface area contributed by atoms with Crippen LogP contribution < -0.4 is 5.32 Å². The Morgan fingerprint density at radius 3 is 2.28 bits per heavy atom. The molecule has 2 heterocycles. The van der Waals surface area contributed by atoms with Crippen molar-refractivity contribution in [1.82, 2.24) is 9.80 Å². The minimum atomic E-state index is -5.08. The van der Waals surface area contributed by atoms with Crippen molar-refractivity contribution < 1.29 is 32.7 Å². The number of nitrogens with zero attached hydrogens (tertiary/aromatic N) is 2. The van der Waals surface area contributed by atoms with E-state index >= 15 is 0 Å². The smallest absolute Gasteiger partial charge is 0.475 e. The molecule has 2 aromatic carbocycles. The molecule has 2 aromatic rings. The van der Waals surface area contributed by atoms with E-state index in [2.05, 4.69) is 17.3 Å². The molecule has 194 valence electrons. The van der Waals surface area contributed by atoms with Crippen molar-refractivity contribution in [3.63, 3.8) is 0 Å². The summed E-state index contributed by atoms with van der Waals surface area (Å²) in [6, 6.07) is 16.8. The standard InChI is InChI=1S/C23H26ClN3O2.C2HF3O2/c1-26-14-11-23(22(29)25-19-8-3-2-4-9-19)12-15-27(13-10-20(23)26)21(28)17-6-5-7-18(24)16-17;3-2(4,5)1(6)7/h2-9,16,20H,10-15H2,1H3,(H,25,29);(H,6,7)/t20-,23-;/m1./s1. The molecule has 2 N–H and O–H groups in total. The van der Waals surface area contributed by atoms with Crippen molar-refractivity contribution in [2.24, 2.45) is 5.41 Å². The zero-order valence-electron chi connectivity index (χ0n) is 19.6. The third kappa shape index (κ3) is 6.36. The Morgan fingerprint density at radius 2 is 1.67 bits per heavy atom. The van der Waals surface area contributed by atoms with Crippen LogP contribution >= 0.6 is 11.6 Å². The number of carbonyl (C=O) groups excluding carboxylic acids is 2. The second kappa shape index (κ2) is 11.3. The van der Waals surface area contributed by atoms with Crippen LogP contribution in [0.1, 0.15) is 29.6 Å². The van der Waals surface area contributed by atoms with Crippen LogP contribution in [-0.4, -0.2) is 71.6 Å². The average Bonchev–Trinajstić information content (AvgIpc) is 3.02. The van der Waals surface area contributed by atoms with Crippen LogP contribution in [0.4, 0.5) is 18.9 Å². The van der Waals surface area contributed by atoms with E-state index < -0.39 is 17.6 Å². The van der Waals surface area contributed by atoms with Crippen molar-refractivity contribution in [3.8, 4) is 0 Å². The van der Waals surface area contributed by atoms with Gasteiger partial charge in [0.2, 0.25) is 5.91 Å². The largest absolute Gasteiger partial charge is 0.490 e.